The van der Waals surface area contributed by atoms with Crippen LogP contribution in [0.4, 0.5) is 26.6 Å². The van der Waals surface area contributed by atoms with Crippen LogP contribution in [0.15, 0.2) is 35.1 Å². The lowest BCUT2D eigenvalue weighted by Gasteiger charge is -2.27. The number of primary amides is 1. The van der Waals surface area contributed by atoms with Gasteiger partial charge in [0, 0.05) is 37.1 Å². The molecule has 1 aromatic heterocycles. The summed E-state index contributed by atoms with van der Waals surface area (Å²) in [7, 11) is 1.74. The number of aromatic nitrogens is 2. The largest absolute Gasteiger partial charge is 0.450 e. The van der Waals surface area contributed by atoms with Crippen molar-refractivity contribution in [2.45, 2.75) is 0 Å². The minimum Gasteiger partial charge on any atom is -0.450 e. The maximum atomic E-state index is 14.4. The van der Waals surface area contributed by atoms with Crippen LogP contribution in [0.25, 0.3) is 6.08 Å². The molecule has 9 nitrogen and oxygen atoms in total. The van der Waals surface area contributed by atoms with E-state index in [0.717, 1.165) is 17.4 Å². The lowest BCUT2D eigenvalue weighted by Crippen LogP contribution is -2.34. The number of carbonyl (C=O) groups excluding carboxylic acids is 1. The number of urea groups is 1. The van der Waals surface area contributed by atoms with Crippen molar-refractivity contribution < 1.29 is 13.9 Å². The van der Waals surface area contributed by atoms with Crippen LogP contribution in [0.3, 0.4) is 0 Å². The van der Waals surface area contributed by atoms with Crippen molar-refractivity contribution >= 4 is 35.4 Å². The number of rotatable bonds is 4. The molecular weight excluding hydrogens is 353 g/mol. The Morgan fingerprint density at radius 3 is 3.00 bits per heavy atom. The van der Waals surface area contributed by atoms with Crippen LogP contribution < -0.4 is 26.0 Å². The summed E-state index contributed by atoms with van der Waals surface area (Å²) in [5, 5.41) is 5.22. The van der Waals surface area contributed by atoms with E-state index in [1.165, 1.54) is 12.1 Å². The van der Waals surface area contributed by atoms with Gasteiger partial charge in [-0.05, 0) is 18.2 Å². The van der Waals surface area contributed by atoms with E-state index in [9.17, 15) is 9.18 Å². The first-order valence-electron chi connectivity index (χ1n) is 8.18. The number of amides is 2. The standard InChI is InChI=1S/C17H16FN7O2/c1-20-17-22-8-9-6-13(15-21-4-5-25(15)14(9)24-17)27-12-3-2-10(7-11(12)18)23-16(19)26/h2-3,6-8H,4-5H2,1H3,(H3,19,23,26)(H,20,22,24). The van der Waals surface area contributed by atoms with Crippen molar-refractivity contribution in [3.8, 4) is 5.75 Å². The maximum Gasteiger partial charge on any atom is 0.316 e. The van der Waals surface area contributed by atoms with Gasteiger partial charge in [-0.1, -0.05) is 0 Å². The van der Waals surface area contributed by atoms with Gasteiger partial charge in [0.25, 0.3) is 0 Å². The highest BCUT2D eigenvalue weighted by Gasteiger charge is 2.31. The van der Waals surface area contributed by atoms with E-state index in [1.54, 1.807) is 19.3 Å². The van der Waals surface area contributed by atoms with Crippen LogP contribution in [0.5, 0.6) is 5.75 Å². The molecule has 4 N–H and O–H groups in total. The minimum atomic E-state index is -0.772. The highest BCUT2D eigenvalue weighted by atomic mass is 19.1. The molecule has 3 heterocycles. The molecule has 2 aliphatic rings. The number of nitrogens with one attached hydrogen (secondary N) is 2. The summed E-state index contributed by atoms with van der Waals surface area (Å²) in [6, 6.07) is 3.27. The molecular formula is C17H16FN7O2. The SMILES string of the molecule is CNc1ncc2c(n1)N1CCN=C1C(Oc1ccc(NC(N)=O)cc1F)=C2. The first-order valence-corrected chi connectivity index (χ1v) is 8.18. The summed E-state index contributed by atoms with van der Waals surface area (Å²) >= 11 is 0. The molecule has 0 atom stereocenters. The van der Waals surface area contributed by atoms with E-state index in [2.05, 4.69) is 25.6 Å². The third kappa shape index (κ3) is 3.12. The topological polar surface area (TPSA) is 118 Å². The monoisotopic (exact) mass is 369 g/mol. The Bertz CT molecular complexity index is 989. The molecule has 0 saturated carbocycles. The average Bonchev–Trinajstić information content (AvgIpc) is 3.13. The molecule has 2 aromatic rings. The summed E-state index contributed by atoms with van der Waals surface area (Å²) in [6.45, 7) is 1.23. The van der Waals surface area contributed by atoms with Crippen LogP contribution in [-0.4, -0.2) is 42.0 Å². The van der Waals surface area contributed by atoms with Gasteiger partial charge in [0.1, 0.15) is 5.82 Å². The van der Waals surface area contributed by atoms with Gasteiger partial charge in [-0.25, -0.2) is 14.2 Å². The Morgan fingerprint density at radius 1 is 1.41 bits per heavy atom. The molecule has 2 aliphatic heterocycles. The summed E-state index contributed by atoms with van der Waals surface area (Å²) < 4.78 is 20.1. The van der Waals surface area contributed by atoms with Gasteiger partial charge in [-0.3, -0.25) is 4.99 Å². The fourth-order valence-corrected chi connectivity index (χ4v) is 2.89. The number of fused-ring (bicyclic) bond motifs is 3. The van der Waals surface area contributed by atoms with Crippen LogP contribution >= 0.6 is 0 Å². The minimum absolute atomic E-state index is 0.00188. The summed E-state index contributed by atoms with van der Waals surface area (Å²) in [5.74, 6) is 1.57. The molecule has 10 heteroatoms. The molecule has 0 saturated heterocycles. The highest BCUT2D eigenvalue weighted by molar-refractivity contribution is 6.15. The number of nitrogens with two attached hydrogens (primary N) is 1. The number of ether oxygens (including phenoxy) is 1. The van der Waals surface area contributed by atoms with Crippen LogP contribution in [0.2, 0.25) is 0 Å². The Kier molecular flexibility index (Phi) is 4.07. The molecule has 0 bridgehead atoms. The summed E-state index contributed by atoms with van der Waals surface area (Å²) in [5.41, 5.74) is 6.02. The molecule has 4 rings (SSSR count). The first-order chi connectivity index (χ1) is 13.0. The number of amidine groups is 1. The molecule has 2 amide bonds. The van der Waals surface area contributed by atoms with Crippen molar-refractivity contribution in [1.82, 2.24) is 9.97 Å². The third-order valence-electron chi connectivity index (χ3n) is 4.04. The van der Waals surface area contributed by atoms with Crippen molar-refractivity contribution in [3.05, 3.63) is 41.5 Å². The maximum absolute atomic E-state index is 14.4. The van der Waals surface area contributed by atoms with Gasteiger partial charge in [-0.15, -0.1) is 0 Å². The van der Waals surface area contributed by atoms with Crippen molar-refractivity contribution in [3.63, 3.8) is 0 Å². The molecule has 0 spiro atoms. The first kappa shape index (κ1) is 16.8. The third-order valence-corrected chi connectivity index (χ3v) is 4.04. The number of halogens is 1. The fraction of sp³-hybridized carbons (Fsp3) is 0.176. The van der Waals surface area contributed by atoms with Gasteiger partial charge in [0.05, 0.1) is 6.54 Å². The number of carbonyl (C=O) groups is 1. The molecule has 0 radical (unpaired) electrons. The Labute approximate surface area is 153 Å². The number of aliphatic imine (C=N–C) groups is 1. The van der Waals surface area contributed by atoms with Gasteiger partial charge in [0.2, 0.25) is 5.95 Å². The molecule has 0 aliphatic carbocycles. The van der Waals surface area contributed by atoms with Crippen LogP contribution in [0, 0.1) is 5.82 Å². The Morgan fingerprint density at radius 2 is 2.26 bits per heavy atom. The van der Waals surface area contributed by atoms with E-state index >= 15 is 0 Å². The van der Waals surface area contributed by atoms with E-state index in [0.29, 0.717) is 30.6 Å². The number of nitrogens with zero attached hydrogens (tertiary/aromatic N) is 4. The van der Waals surface area contributed by atoms with Gasteiger partial charge >= 0.3 is 6.03 Å². The predicted molar refractivity (Wildman–Crippen MR) is 99.4 cm³/mol. The molecule has 138 valence electrons. The van der Waals surface area contributed by atoms with E-state index in [1.807, 2.05) is 4.90 Å². The molecule has 0 unspecified atom stereocenters. The van der Waals surface area contributed by atoms with Gasteiger partial charge < -0.3 is 26.0 Å². The van der Waals surface area contributed by atoms with Crippen molar-refractivity contribution in [2.24, 2.45) is 10.7 Å². The van der Waals surface area contributed by atoms with Crippen molar-refractivity contribution in [2.75, 3.05) is 35.7 Å². The smallest absolute Gasteiger partial charge is 0.316 e. The van der Waals surface area contributed by atoms with E-state index < -0.39 is 11.8 Å². The predicted octanol–water partition coefficient (Wildman–Crippen LogP) is 1.80. The number of hydrogen-bond donors (Lipinski definition) is 3. The van der Waals surface area contributed by atoms with E-state index in [4.69, 9.17) is 10.5 Å². The zero-order chi connectivity index (χ0) is 19.0. The normalized spacial score (nSPS) is 14.7. The van der Waals surface area contributed by atoms with Gasteiger partial charge in [0.15, 0.2) is 23.2 Å². The molecule has 27 heavy (non-hydrogen) atoms. The summed E-state index contributed by atoms with van der Waals surface area (Å²) in [4.78, 5) is 25.9. The van der Waals surface area contributed by atoms with Gasteiger partial charge in [-0.2, -0.15) is 4.98 Å². The van der Waals surface area contributed by atoms with Crippen LogP contribution in [-0.2, 0) is 0 Å². The average molecular weight is 369 g/mol. The highest BCUT2D eigenvalue weighted by Crippen LogP contribution is 2.33. The fourth-order valence-electron chi connectivity index (χ4n) is 2.89. The lowest BCUT2D eigenvalue weighted by molar-refractivity contribution is 0.259. The lowest BCUT2D eigenvalue weighted by atomic mass is 10.1. The second-order valence-corrected chi connectivity index (χ2v) is 5.82. The Balaban J connectivity index is 1.67. The Hall–Kier alpha value is -3.69. The van der Waals surface area contributed by atoms with E-state index in [-0.39, 0.29) is 11.4 Å². The second kappa shape index (κ2) is 6.56. The zero-order valence-corrected chi connectivity index (χ0v) is 14.4. The molecule has 1 aromatic carbocycles. The second-order valence-electron chi connectivity index (χ2n) is 5.82. The quantitative estimate of drug-likeness (QED) is 0.756. The number of benzene rings is 1. The summed E-state index contributed by atoms with van der Waals surface area (Å²) in [6.07, 6.45) is 3.40. The number of hydrogen-bond acceptors (Lipinski definition) is 7. The van der Waals surface area contributed by atoms with Crippen molar-refractivity contribution in [1.29, 1.82) is 0 Å². The zero-order valence-electron chi connectivity index (χ0n) is 14.4. The molecule has 0 fully saturated rings. The van der Waals surface area contributed by atoms with Crippen LogP contribution in [0.1, 0.15) is 5.56 Å². The number of anilines is 3.